The van der Waals surface area contributed by atoms with E-state index in [0.717, 1.165) is 6.07 Å². The zero-order valence-corrected chi connectivity index (χ0v) is 7.95. The van der Waals surface area contributed by atoms with Crippen LogP contribution in [0.25, 0.3) is 0 Å². The van der Waals surface area contributed by atoms with Gasteiger partial charge in [-0.3, -0.25) is 0 Å². The number of carboxylic acids is 1. The maximum absolute atomic E-state index is 12.7. The van der Waals surface area contributed by atoms with Crippen LogP contribution in [-0.4, -0.2) is 16.2 Å². The summed E-state index contributed by atoms with van der Waals surface area (Å²) in [7, 11) is 0. The molecule has 0 bridgehead atoms. The molecule has 0 aliphatic rings. The molecule has 3 nitrogen and oxygen atoms in total. The van der Waals surface area contributed by atoms with E-state index in [4.69, 9.17) is 10.2 Å². The summed E-state index contributed by atoms with van der Waals surface area (Å²) in [6, 6.07) is 3.54. The normalized spacial score (nSPS) is 12.5. The Balaban J connectivity index is 3.03. The highest BCUT2D eigenvalue weighted by molar-refractivity contribution is 9.10. The summed E-state index contributed by atoms with van der Waals surface area (Å²) in [6.45, 7) is 0. The van der Waals surface area contributed by atoms with E-state index in [9.17, 15) is 9.18 Å². The first-order valence-corrected chi connectivity index (χ1v) is 4.17. The van der Waals surface area contributed by atoms with Crippen molar-refractivity contribution >= 4 is 21.9 Å². The van der Waals surface area contributed by atoms with Crippen molar-refractivity contribution in [2.75, 3.05) is 0 Å². The second-order valence-corrected chi connectivity index (χ2v) is 3.27. The number of benzene rings is 1. The molecule has 0 radical (unpaired) electrons. The second kappa shape index (κ2) is 3.85. The van der Waals surface area contributed by atoms with Gasteiger partial charge in [-0.25, -0.2) is 9.18 Å². The molecule has 0 saturated carbocycles. The molecule has 0 aliphatic heterocycles. The van der Waals surface area contributed by atoms with Gasteiger partial charge in [0.2, 0.25) is 0 Å². The number of carboxylic acid groups (broad SMARTS) is 1. The van der Waals surface area contributed by atoms with Gasteiger partial charge in [0.1, 0.15) is 5.82 Å². The van der Waals surface area contributed by atoms with Gasteiger partial charge < -0.3 is 10.2 Å². The maximum atomic E-state index is 12.7. The minimum atomic E-state index is -1.61. The van der Waals surface area contributed by atoms with Crippen LogP contribution in [0.4, 0.5) is 4.39 Å². The largest absolute Gasteiger partial charge is 0.479 e. The molecule has 1 aromatic rings. The van der Waals surface area contributed by atoms with Crippen LogP contribution in [0.1, 0.15) is 11.7 Å². The van der Waals surface area contributed by atoms with E-state index in [1.807, 2.05) is 0 Å². The average molecular weight is 249 g/mol. The minimum absolute atomic E-state index is 0.130. The van der Waals surface area contributed by atoms with Crippen LogP contribution in [0.15, 0.2) is 22.7 Å². The second-order valence-electron chi connectivity index (χ2n) is 2.41. The molecule has 70 valence electrons. The van der Waals surface area contributed by atoms with Crippen molar-refractivity contribution in [2.24, 2.45) is 0 Å². The Morgan fingerprint density at radius 2 is 2.15 bits per heavy atom. The topological polar surface area (TPSA) is 57.5 Å². The number of aliphatic hydroxyl groups excluding tert-OH is 1. The summed E-state index contributed by atoms with van der Waals surface area (Å²) in [5.41, 5.74) is 0.140. The number of carbonyl (C=O) groups is 1. The number of hydrogen-bond donors (Lipinski definition) is 2. The summed E-state index contributed by atoms with van der Waals surface area (Å²) in [5.74, 6) is -1.86. The van der Waals surface area contributed by atoms with Crippen molar-refractivity contribution in [3.63, 3.8) is 0 Å². The predicted octanol–water partition coefficient (Wildman–Crippen LogP) is 1.71. The third-order valence-corrected chi connectivity index (χ3v) is 2.10. The smallest absolute Gasteiger partial charge is 0.337 e. The molecule has 0 fully saturated rings. The Morgan fingerprint density at radius 1 is 1.54 bits per heavy atom. The van der Waals surface area contributed by atoms with Gasteiger partial charge in [0.15, 0.2) is 6.10 Å². The molecule has 0 amide bonds. The highest BCUT2D eigenvalue weighted by Crippen LogP contribution is 2.21. The molecule has 0 aromatic heterocycles. The van der Waals surface area contributed by atoms with E-state index >= 15 is 0 Å². The van der Waals surface area contributed by atoms with E-state index in [2.05, 4.69) is 15.9 Å². The van der Waals surface area contributed by atoms with Gasteiger partial charge in [0.25, 0.3) is 0 Å². The third-order valence-electron chi connectivity index (χ3n) is 1.49. The van der Waals surface area contributed by atoms with Gasteiger partial charge in [-0.1, -0.05) is 6.07 Å². The SMILES string of the molecule is O=C(O)[C@H](O)c1ccc(F)c(Br)c1. The number of halogens is 2. The fourth-order valence-electron chi connectivity index (χ4n) is 0.825. The summed E-state index contributed by atoms with van der Waals surface area (Å²) in [6.07, 6.45) is -1.61. The van der Waals surface area contributed by atoms with Gasteiger partial charge in [0.05, 0.1) is 4.47 Å². The van der Waals surface area contributed by atoms with Crippen LogP contribution in [-0.2, 0) is 4.79 Å². The average Bonchev–Trinajstić information content (AvgIpc) is 2.08. The quantitative estimate of drug-likeness (QED) is 0.838. The highest BCUT2D eigenvalue weighted by Gasteiger charge is 2.16. The molecule has 1 aromatic carbocycles. The summed E-state index contributed by atoms with van der Waals surface area (Å²) < 4.78 is 12.8. The van der Waals surface area contributed by atoms with Gasteiger partial charge >= 0.3 is 5.97 Å². The molecule has 5 heteroatoms. The molecule has 0 saturated heterocycles. The first kappa shape index (κ1) is 10.1. The van der Waals surface area contributed by atoms with Crippen molar-refractivity contribution in [3.8, 4) is 0 Å². The summed E-state index contributed by atoms with van der Waals surface area (Å²) in [4.78, 5) is 10.3. The predicted molar refractivity (Wildman–Crippen MR) is 46.7 cm³/mol. The van der Waals surface area contributed by atoms with Crippen LogP contribution < -0.4 is 0 Å². The number of aliphatic carboxylic acids is 1. The fraction of sp³-hybridized carbons (Fsp3) is 0.125. The van der Waals surface area contributed by atoms with Gasteiger partial charge in [0, 0.05) is 0 Å². The molecule has 0 heterocycles. The van der Waals surface area contributed by atoms with Crippen LogP contribution in [0.5, 0.6) is 0 Å². The molecular formula is C8H6BrFO3. The Kier molecular flexibility index (Phi) is 3.00. The maximum Gasteiger partial charge on any atom is 0.337 e. The lowest BCUT2D eigenvalue weighted by molar-refractivity contribution is -0.146. The van der Waals surface area contributed by atoms with E-state index in [0.29, 0.717) is 0 Å². The Labute approximate surface area is 81.9 Å². The van der Waals surface area contributed by atoms with Crippen LogP contribution in [0, 0.1) is 5.82 Å². The first-order chi connectivity index (χ1) is 6.02. The van der Waals surface area contributed by atoms with Crippen LogP contribution >= 0.6 is 15.9 Å². The van der Waals surface area contributed by atoms with Gasteiger partial charge in [-0.15, -0.1) is 0 Å². The Bertz CT molecular complexity index is 340. The highest BCUT2D eigenvalue weighted by atomic mass is 79.9. The molecule has 0 spiro atoms. The first-order valence-electron chi connectivity index (χ1n) is 3.38. The zero-order chi connectivity index (χ0) is 10.0. The van der Waals surface area contributed by atoms with E-state index < -0.39 is 17.9 Å². The molecule has 13 heavy (non-hydrogen) atoms. The zero-order valence-electron chi connectivity index (χ0n) is 6.37. The standard InChI is InChI=1S/C8H6BrFO3/c9-5-3-4(1-2-6(5)10)7(11)8(12)13/h1-3,7,11H,(H,12,13)/t7-/m1/s1. The Hall–Kier alpha value is -0.940. The lowest BCUT2D eigenvalue weighted by atomic mass is 10.1. The third kappa shape index (κ3) is 2.26. The summed E-state index contributed by atoms with van der Waals surface area (Å²) >= 11 is 2.88. The monoisotopic (exact) mass is 248 g/mol. The molecule has 0 unspecified atom stereocenters. The lowest BCUT2D eigenvalue weighted by Gasteiger charge is -2.05. The molecule has 1 atom stereocenters. The van der Waals surface area contributed by atoms with E-state index in [1.165, 1.54) is 12.1 Å². The summed E-state index contributed by atoms with van der Waals surface area (Å²) in [5, 5.41) is 17.5. The number of hydrogen-bond acceptors (Lipinski definition) is 2. The van der Waals surface area contributed by atoms with Crippen LogP contribution in [0.2, 0.25) is 0 Å². The van der Waals surface area contributed by atoms with Gasteiger partial charge in [-0.2, -0.15) is 0 Å². The van der Waals surface area contributed by atoms with Crippen molar-refractivity contribution < 1.29 is 19.4 Å². The number of rotatable bonds is 2. The fourth-order valence-corrected chi connectivity index (χ4v) is 1.22. The van der Waals surface area contributed by atoms with E-state index in [1.54, 1.807) is 0 Å². The lowest BCUT2D eigenvalue weighted by Crippen LogP contribution is -2.10. The minimum Gasteiger partial charge on any atom is -0.479 e. The van der Waals surface area contributed by atoms with Crippen LogP contribution in [0.3, 0.4) is 0 Å². The molecule has 2 N–H and O–H groups in total. The molecule has 1 rings (SSSR count). The Morgan fingerprint density at radius 3 is 2.62 bits per heavy atom. The number of aliphatic hydroxyl groups is 1. The van der Waals surface area contributed by atoms with Crippen molar-refractivity contribution in [1.82, 2.24) is 0 Å². The molecule has 0 aliphatic carbocycles. The van der Waals surface area contributed by atoms with Gasteiger partial charge in [-0.05, 0) is 33.6 Å². The van der Waals surface area contributed by atoms with Crippen molar-refractivity contribution in [2.45, 2.75) is 6.10 Å². The van der Waals surface area contributed by atoms with Crippen molar-refractivity contribution in [1.29, 1.82) is 0 Å². The van der Waals surface area contributed by atoms with E-state index in [-0.39, 0.29) is 10.0 Å². The van der Waals surface area contributed by atoms with Crippen molar-refractivity contribution in [3.05, 3.63) is 34.1 Å². The molecular weight excluding hydrogens is 243 g/mol.